The summed E-state index contributed by atoms with van der Waals surface area (Å²) in [6.45, 7) is 6.47. The largest absolute Gasteiger partial charge is 0.450 e. The molecule has 1 atom stereocenters. The number of hydrogen-bond acceptors (Lipinski definition) is 4. The lowest BCUT2D eigenvalue weighted by atomic mass is 9.96. The molecule has 3 aromatic rings. The van der Waals surface area contributed by atoms with Gasteiger partial charge < -0.3 is 13.9 Å². The van der Waals surface area contributed by atoms with E-state index in [1.165, 1.54) is 19.3 Å². The summed E-state index contributed by atoms with van der Waals surface area (Å²) in [5, 5.41) is 10.0. The second-order valence-corrected chi connectivity index (χ2v) is 8.53. The number of aryl methyl sites for hydroxylation is 3. The predicted molar refractivity (Wildman–Crippen MR) is 111 cm³/mol. The first-order valence-corrected chi connectivity index (χ1v) is 10.8. The van der Waals surface area contributed by atoms with Crippen LogP contribution in [0.15, 0.2) is 22.6 Å². The molecule has 6 heteroatoms. The van der Waals surface area contributed by atoms with Crippen LogP contribution in [0.4, 0.5) is 0 Å². The third-order valence-electron chi connectivity index (χ3n) is 6.57. The Morgan fingerprint density at radius 3 is 2.86 bits per heavy atom. The molecule has 5 rings (SSSR count). The standard InChI is InChI=1S/C23H28N4O2/c1-15-8-6-10-18-16(2)21(29-20(15)18)23(28)26-12-7-9-17(14-26)22-25-24-19-11-4-3-5-13-27(19)22/h6,8,10,17H,3-5,7,9,11-14H2,1-2H3. The van der Waals surface area contributed by atoms with Crippen LogP contribution in [-0.2, 0) is 13.0 Å². The Morgan fingerprint density at radius 1 is 1.10 bits per heavy atom. The van der Waals surface area contributed by atoms with Gasteiger partial charge in [0.05, 0.1) is 0 Å². The number of likely N-dealkylation sites (tertiary alicyclic amines) is 1. The fourth-order valence-electron chi connectivity index (χ4n) is 4.91. The van der Waals surface area contributed by atoms with E-state index in [4.69, 9.17) is 4.42 Å². The van der Waals surface area contributed by atoms with E-state index in [-0.39, 0.29) is 11.8 Å². The summed E-state index contributed by atoms with van der Waals surface area (Å²) in [5.74, 6) is 2.91. The van der Waals surface area contributed by atoms with Gasteiger partial charge in [-0.3, -0.25) is 4.79 Å². The predicted octanol–water partition coefficient (Wildman–Crippen LogP) is 4.39. The van der Waals surface area contributed by atoms with Crippen molar-refractivity contribution in [2.45, 2.75) is 64.8 Å². The Kier molecular flexibility index (Phi) is 4.64. The molecule has 4 heterocycles. The van der Waals surface area contributed by atoms with Gasteiger partial charge >= 0.3 is 0 Å². The van der Waals surface area contributed by atoms with Crippen molar-refractivity contribution in [2.24, 2.45) is 0 Å². The summed E-state index contributed by atoms with van der Waals surface area (Å²) in [6, 6.07) is 6.07. The Labute approximate surface area is 170 Å². The average molecular weight is 393 g/mol. The van der Waals surface area contributed by atoms with E-state index in [0.29, 0.717) is 12.3 Å². The number of piperidine rings is 1. The van der Waals surface area contributed by atoms with Crippen molar-refractivity contribution in [2.75, 3.05) is 13.1 Å². The van der Waals surface area contributed by atoms with Gasteiger partial charge in [0.15, 0.2) is 5.76 Å². The molecule has 1 unspecified atom stereocenters. The van der Waals surface area contributed by atoms with E-state index >= 15 is 0 Å². The SMILES string of the molecule is Cc1c(C(=O)N2CCCC(c3nnc4n3CCCCC4)C2)oc2c(C)cccc12. The van der Waals surface area contributed by atoms with Gasteiger partial charge in [0.25, 0.3) is 5.91 Å². The highest BCUT2D eigenvalue weighted by Crippen LogP contribution is 2.32. The van der Waals surface area contributed by atoms with Crippen molar-refractivity contribution in [3.8, 4) is 0 Å². The van der Waals surface area contributed by atoms with Crippen LogP contribution in [0, 0.1) is 13.8 Å². The van der Waals surface area contributed by atoms with Crippen molar-refractivity contribution in [1.29, 1.82) is 0 Å². The Hall–Kier alpha value is -2.63. The first kappa shape index (κ1) is 18.4. The third-order valence-corrected chi connectivity index (χ3v) is 6.57. The van der Waals surface area contributed by atoms with Gasteiger partial charge in [-0.05, 0) is 45.1 Å². The van der Waals surface area contributed by atoms with E-state index in [1.54, 1.807) is 0 Å². The minimum absolute atomic E-state index is 0.00148. The van der Waals surface area contributed by atoms with E-state index < -0.39 is 0 Å². The number of furan rings is 1. The number of aromatic nitrogens is 3. The summed E-state index contributed by atoms with van der Waals surface area (Å²) in [6.07, 6.45) is 6.68. The van der Waals surface area contributed by atoms with Crippen molar-refractivity contribution >= 4 is 16.9 Å². The van der Waals surface area contributed by atoms with Gasteiger partial charge in [0.2, 0.25) is 0 Å². The van der Waals surface area contributed by atoms with Crippen LogP contribution in [0.2, 0.25) is 0 Å². The molecule has 0 aliphatic carbocycles. The number of benzene rings is 1. The molecule has 1 amide bonds. The van der Waals surface area contributed by atoms with E-state index in [2.05, 4.69) is 14.8 Å². The lowest BCUT2D eigenvalue weighted by Gasteiger charge is -2.32. The van der Waals surface area contributed by atoms with Crippen LogP contribution in [0.3, 0.4) is 0 Å². The van der Waals surface area contributed by atoms with Gasteiger partial charge in [0.1, 0.15) is 17.2 Å². The lowest BCUT2D eigenvalue weighted by Crippen LogP contribution is -2.40. The lowest BCUT2D eigenvalue weighted by molar-refractivity contribution is 0.0672. The van der Waals surface area contributed by atoms with E-state index in [9.17, 15) is 4.79 Å². The molecule has 2 aliphatic rings. The first-order valence-electron chi connectivity index (χ1n) is 10.8. The molecule has 0 N–H and O–H groups in total. The highest BCUT2D eigenvalue weighted by Gasteiger charge is 2.32. The summed E-state index contributed by atoms with van der Waals surface area (Å²) < 4.78 is 8.37. The van der Waals surface area contributed by atoms with Crippen molar-refractivity contribution in [3.63, 3.8) is 0 Å². The molecular formula is C23H28N4O2. The molecular weight excluding hydrogens is 364 g/mol. The number of carbonyl (C=O) groups excluding carboxylic acids is 1. The van der Waals surface area contributed by atoms with Gasteiger partial charge in [-0.15, -0.1) is 10.2 Å². The van der Waals surface area contributed by atoms with Crippen LogP contribution in [0.5, 0.6) is 0 Å². The minimum atomic E-state index is -0.00148. The Balaban J connectivity index is 1.42. The summed E-state index contributed by atoms with van der Waals surface area (Å²) in [4.78, 5) is 15.3. The third kappa shape index (κ3) is 3.15. The fourth-order valence-corrected chi connectivity index (χ4v) is 4.91. The van der Waals surface area contributed by atoms with Gasteiger partial charge in [0, 0.05) is 42.9 Å². The average Bonchev–Trinajstić information content (AvgIpc) is 3.21. The number of hydrogen-bond donors (Lipinski definition) is 0. The van der Waals surface area contributed by atoms with Crippen molar-refractivity contribution < 1.29 is 9.21 Å². The zero-order valence-corrected chi connectivity index (χ0v) is 17.3. The highest BCUT2D eigenvalue weighted by molar-refractivity contribution is 5.99. The summed E-state index contributed by atoms with van der Waals surface area (Å²) >= 11 is 0. The fraction of sp³-hybridized carbons (Fsp3) is 0.522. The zero-order chi connectivity index (χ0) is 20.0. The highest BCUT2D eigenvalue weighted by atomic mass is 16.3. The van der Waals surface area contributed by atoms with Crippen LogP contribution in [-0.4, -0.2) is 38.7 Å². The summed E-state index contributed by atoms with van der Waals surface area (Å²) in [5.41, 5.74) is 2.82. The second kappa shape index (κ2) is 7.32. The molecule has 0 saturated carbocycles. The maximum atomic E-state index is 13.3. The Morgan fingerprint density at radius 2 is 2.00 bits per heavy atom. The zero-order valence-electron chi connectivity index (χ0n) is 17.3. The first-order chi connectivity index (χ1) is 14.1. The van der Waals surface area contributed by atoms with E-state index in [1.807, 2.05) is 36.9 Å². The maximum absolute atomic E-state index is 13.3. The molecule has 0 bridgehead atoms. The molecule has 2 aliphatic heterocycles. The van der Waals surface area contributed by atoms with Gasteiger partial charge in [-0.1, -0.05) is 24.6 Å². The normalized spacial score (nSPS) is 19.9. The number of nitrogens with zero attached hydrogens (tertiary/aromatic N) is 4. The van der Waals surface area contributed by atoms with Crippen molar-refractivity contribution in [3.05, 3.63) is 46.7 Å². The Bertz CT molecular complexity index is 1060. The van der Waals surface area contributed by atoms with Crippen LogP contribution < -0.4 is 0 Å². The number of amides is 1. The molecule has 29 heavy (non-hydrogen) atoms. The monoisotopic (exact) mass is 392 g/mol. The second-order valence-electron chi connectivity index (χ2n) is 8.53. The minimum Gasteiger partial charge on any atom is -0.450 e. The molecule has 1 aromatic carbocycles. The van der Waals surface area contributed by atoms with Crippen LogP contribution in [0.25, 0.3) is 11.0 Å². The molecule has 1 saturated heterocycles. The molecule has 6 nitrogen and oxygen atoms in total. The number of carbonyl (C=O) groups is 1. The number of fused-ring (bicyclic) bond motifs is 2. The smallest absolute Gasteiger partial charge is 0.289 e. The summed E-state index contributed by atoms with van der Waals surface area (Å²) in [7, 11) is 0. The van der Waals surface area contributed by atoms with Gasteiger partial charge in [-0.25, -0.2) is 0 Å². The van der Waals surface area contributed by atoms with E-state index in [0.717, 1.165) is 66.1 Å². The quantitative estimate of drug-likeness (QED) is 0.649. The molecule has 152 valence electrons. The maximum Gasteiger partial charge on any atom is 0.289 e. The van der Waals surface area contributed by atoms with Crippen molar-refractivity contribution in [1.82, 2.24) is 19.7 Å². The molecule has 2 aromatic heterocycles. The number of rotatable bonds is 2. The van der Waals surface area contributed by atoms with Gasteiger partial charge in [-0.2, -0.15) is 0 Å². The molecule has 0 radical (unpaired) electrons. The molecule has 0 spiro atoms. The van der Waals surface area contributed by atoms with Crippen LogP contribution in [0.1, 0.15) is 71.4 Å². The topological polar surface area (TPSA) is 64.2 Å². The van der Waals surface area contributed by atoms with Crippen LogP contribution >= 0.6 is 0 Å². The molecule has 1 fully saturated rings. The number of para-hydroxylation sites is 1.